The molecule has 1 unspecified atom stereocenters. The van der Waals surface area contributed by atoms with Gasteiger partial charge in [-0.2, -0.15) is 0 Å². The maximum atomic E-state index is 11.8. The van der Waals surface area contributed by atoms with Crippen LogP contribution in [0.15, 0.2) is 29.2 Å². The van der Waals surface area contributed by atoms with Crippen molar-refractivity contribution in [2.24, 2.45) is 0 Å². The number of benzene rings is 1. The van der Waals surface area contributed by atoms with Crippen molar-refractivity contribution in [1.29, 1.82) is 0 Å². The molecular formula is C11H17NO3S2. The lowest BCUT2D eigenvalue weighted by Crippen LogP contribution is -2.11. The molecule has 0 radical (unpaired) electrons. The molecule has 0 heterocycles. The van der Waals surface area contributed by atoms with Crippen LogP contribution < -0.4 is 5.73 Å². The predicted octanol–water partition coefficient (Wildman–Crippen LogP) is 1.20. The average Bonchev–Trinajstić information content (AvgIpc) is 2.29. The van der Waals surface area contributed by atoms with Crippen LogP contribution in [0.4, 0.5) is 5.69 Å². The number of anilines is 1. The van der Waals surface area contributed by atoms with Crippen LogP contribution in [-0.4, -0.2) is 29.9 Å². The second-order valence-corrected chi connectivity index (χ2v) is 7.75. The number of nitrogens with two attached hydrogens (primary N) is 1. The van der Waals surface area contributed by atoms with Gasteiger partial charge >= 0.3 is 0 Å². The third-order valence-electron chi connectivity index (χ3n) is 2.37. The van der Waals surface area contributed by atoms with Gasteiger partial charge in [-0.1, -0.05) is 6.92 Å². The Morgan fingerprint density at radius 1 is 1.24 bits per heavy atom. The van der Waals surface area contributed by atoms with Crippen LogP contribution in [0.2, 0.25) is 0 Å². The highest BCUT2D eigenvalue weighted by atomic mass is 32.2. The first kappa shape index (κ1) is 14.2. The average molecular weight is 275 g/mol. The number of sulfone groups is 1. The van der Waals surface area contributed by atoms with E-state index in [-0.39, 0.29) is 11.5 Å². The topological polar surface area (TPSA) is 77.2 Å². The summed E-state index contributed by atoms with van der Waals surface area (Å²) in [6.45, 7) is 1.62. The maximum Gasteiger partial charge on any atom is 0.150 e. The summed E-state index contributed by atoms with van der Waals surface area (Å²) in [4.78, 5) is 0.688. The van der Waals surface area contributed by atoms with Gasteiger partial charge in [0.25, 0.3) is 0 Å². The fraction of sp³-hybridized carbons (Fsp3) is 0.455. The maximum absolute atomic E-state index is 11.8. The van der Waals surface area contributed by atoms with E-state index in [4.69, 9.17) is 5.73 Å². The summed E-state index contributed by atoms with van der Waals surface area (Å²) in [5, 5.41) is 0. The lowest BCUT2D eigenvalue weighted by Gasteiger charge is -2.03. The van der Waals surface area contributed by atoms with Gasteiger partial charge in [0, 0.05) is 22.1 Å². The first-order valence-corrected chi connectivity index (χ1v) is 8.53. The molecule has 1 aromatic carbocycles. The van der Waals surface area contributed by atoms with E-state index in [0.717, 1.165) is 0 Å². The summed E-state index contributed by atoms with van der Waals surface area (Å²) in [5.74, 6) is 0.606. The van der Waals surface area contributed by atoms with Crippen LogP contribution in [0.1, 0.15) is 13.3 Å². The Morgan fingerprint density at radius 2 is 1.82 bits per heavy atom. The molecule has 1 rings (SSSR count). The molecule has 17 heavy (non-hydrogen) atoms. The van der Waals surface area contributed by atoms with E-state index in [1.165, 1.54) is 0 Å². The zero-order chi connectivity index (χ0) is 12.9. The largest absolute Gasteiger partial charge is 0.399 e. The van der Waals surface area contributed by atoms with Gasteiger partial charge in [-0.05, 0) is 30.7 Å². The summed E-state index contributed by atoms with van der Waals surface area (Å²) in [6, 6.07) is 6.80. The van der Waals surface area contributed by atoms with Crippen molar-refractivity contribution < 1.29 is 12.6 Å². The van der Waals surface area contributed by atoms with Crippen LogP contribution in [0, 0.1) is 0 Å². The standard InChI is InChI=1S/C11H17NO3S2/c1-2-17(14,15)9-3-8-16(13)11-6-4-10(12)5-7-11/h4-7H,2-3,8-9,12H2,1H3. The number of hydrogen-bond donors (Lipinski definition) is 1. The molecule has 1 aromatic rings. The summed E-state index contributed by atoms with van der Waals surface area (Å²) >= 11 is 0. The second-order valence-electron chi connectivity index (χ2n) is 3.71. The molecule has 4 nitrogen and oxygen atoms in total. The van der Waals surface area contributed by atoms with E-state index in [0.29, 0.717) is 22.8 Å². The van der Waals surface area contributed by atoms with Crippen molar-refractivity contribution in [2.75, 3.05) is 23.0 Å². The number of nitrogen functional groups attached to an aromatic ring is 1. The van der Waals surface area contributed by atoms with Gasteiger partial charge in [-0.25, -0.2) is 8.42 Å². The third-order valence-corrected chi connectivity index (χ3v) is 5.62. The molecule has 6 heteroatoms. The van der Waals surface area contributed by atoms with Crippen molar-refractivity contribution in [1.82, 2.24) is 0 Å². The van der Waals surface area contributed by atoms with Crippen molar-refractivity contribution >= 4 is 26.3 Å². The molecule has 0 saturated heterocycles. The Balaban J connectivity index is 2.48. The Morgan fingerprint density at radius 3 is 2.35 bits per heavy atom. The Labute approximate surface area is 105 Å². The molecule has 0 aliphatic heterocycles. The molecule has 0 aliphatic carbocycles. The molecule has 2 N–H and O–H groups in total. The normalized spacial score (nSPS) is 13.5. The van der Waals surface area contributed by atoms with Gasteiger partial charge in [0.1, 0.15) is 9.84 Å². The quantitative estimate of drug-likeness (QED) is 0.791. The highest BCUT2D eigenvalue weighted by Crippen LogP contribution is 2.11. The monoisotopic (exact) mass is 275 g/mol. The molecule has 0 amide bonds. The van der Waals surface area contributed by atoms with E-state index < -0.39 is 20.6 Å². The van der Waals surface area contributed by atoms with Crippen molar-refractivity contribution in [3.8, 4) is 0 Å². The van der Waals surface area contributed by atoms with Gasteiger partial charge in [0.2, 0.25) is 0 Å². The zero-order valence-corrected chi connectivity index (χ0v) is 11.4. The van der Waals surface area contributed by atoms with Crippen LogP contribution in [0.3, 0.4) is 0 Å². The molecule has 0 fully saturated rings. The fourth-order valence-corrected chi connectivity index (χ4v) is 3.43. The first-order valence-electron chi connectivity index (χ1n) is 5.39. The fourth-order valence-electron chi connectivity index (χ4n) is 1.29. The highest BCUT2D eigenvalue weighted by molar-refractivity contribution is 7.91. The number of hydrogen-bond acceptors (Lipinski definition) is 4. The van der Waals surface area contributed by atoms with Crippen molar-refractivity contribution in [2.45, 2.75) is 18.2 Å². The smallest absolute Gasteiger partial charge is 0.150 e. The summed E-state index contributed by atoms with van der Waals surface area (Å²) in [6.07, 6.45) is 0.424. The van der Waals surface area contributed by atoms with E-state index in [2.05, 4.69) is 0 Å². The van der Waals surface area contributed by atoms with Crippen LogP contribution in [0.25, 0.3) is 0 Å². The lowest BCUT2D eigenvalue weighted by molar-refractivity contribution is 0.596. The molecule has 1 atom stereocenters. The minimum Gasteiger partial charge on any atom is -0.399 e. The van der Waals surface area contributed by atoms with E-state index in [1.807, 2.05) is 0 Å². The number of rotatable bonds is 6. The van der Waals surface area contributed by atoms with Gasteiger partial charge < -0.3 is 5.73 Å². The van der Waals surface area contributed by atoms with Crippen molar-refractivity contribution in [3.05, 3.63) is 24.3 Å². The molecule has 0 aromatic heterocycles. The van der Waals surface area contributed by atoms with E-state index in [9.17, 15) is 12.6 Å². The van der Waals surface area contributed by atoms with Gasteiger partial charge in [0.05, 0.1) is 16.6 Å². The van der Waals surface area contributed by atoms with Crippen LogP contribution in [0.5, 0.6) is 0 Å². The second kappa shape index (κ2) is 6.16. The van der Waals surface area contributed by atoms with Crippen LogP contribution in [-0.2, 0) is 20.6 Å². The Kier molecular flexibility index (Phi) is 5.14. The van der Waals surface area contributed by atoms with Gasteiger partial charge in [-0.3, -0.25) is 4.21 Å². The third kappa shape index (κ3) is 4.87. The predicted molar refractivity (Wildman–Crippen MR) is 71.1 cm³/mol. The highest BCUT2D eigenvalue weighted by Gasteiger charge is 2.09. The molecular weight excluding hydrogens is 258 g/mol. The first-order chi connectivity index (χ1) is 7.94. The van der Waals surface area contributed by atoms with E-state index >= 15 is 0 Å². The molecule has 0 saturated carbocycles. The molecule has 0 aliphatic rings. The zero-order valence-electron chi connectivity index (χ0n) is 9.76. The molecule has 0 spiro atoms. The minimum atomic E-state index is -2.96. The summed E-state index contributed by atoms with van der Waals surface area (Å²) in [5.41, 5.74) is 6.15. The summed E-state index contributed by atoms with van der Waals surface area (Å²) < 4.78 is 34.3. The SMILES string of the molecule is CCS(=O)(=O)CCCS(=O)c1ccc(N)cc1. The minimum absolute atomic E-state index is 0.101. The Hall–Kier alpha value is -0.880. The van der Waals surface area contributed by atoms with Gasteiger partial charge in [-0.15, -0.1) is 0 Å². The van der Waals surface area contributed by atoms with Gasteiger partial charge in [0.15, 0.2) is 0 Å². The Bertz CT molecular complexity index is 480. The van der Waals surface area contributed by atoms with Crippen molar-refractivity contribution in [3.63, 3.8) is 0 Å². The lowest BCUT2D eigenvalue weighted by atomic mass is 10.3. The molecule has 0 bridgehead atoms. The summed E-state index contributed by atoms with van der Waals surface area (Å²) in [7, 11) is -4.11. The molecule has 96 valence electrons. The van der Waals surface area contributed by atoms with Crippen LogP contribution >= 0.6 is 0 Å². The van der Waals surface area contributed by atoms with E-state index in [1.54, 1.807) is 31.2 Å².